The van der Waals surface area contributed by atoms with Crippen molar-refractivity contribution in [3.63, 3.8) is 0 Å². The minimum Gasteiger partial charge on any atom is -0.500 e. The number of aliphatic hydroxyl groups is 2. The highest BCUT2D eigenvalue weighted by Gasteiger charge is 2.29. The average molecular weight is 351 g/mol. The van der Waals surface area contributed by atoms with Crippen LogP contribution in [0.4, 0.5) is 9.59 Å². The van der Waals surface area contributed by atoms with Crippen LogP contribution in [0, 0.1) is 0 Å². The third kappa shape index (κ3) is 10.6. The van der Waals surface area contributed by atoms with E-state index in [0.29, 0.717) is 19.6 Å². The van der Waals surface area contributed by atoms with Crippen LogP contribution < -0.4 is 10.6 Å². The molecule has 2 amide bonds. The lowest BCUT2D eigenvalue weighted by atomic mass is 10.1. The Bertz CT molecular complexity index is 386. The molecule has 10 heteroatoms. The molecule has 1 aliphatic heterocycles. The van der Waals surface area contributed by atoms with Gasteiger partial charge in [-0.2, -0.15) is 0 Å². The Balaban J connectivity index is 0. The second-order valence-corrected chi connectivity index (χ2v) is 4.60. The van der Waals surface area contributed by atoms with Gasteiger partial charge < -0.3 is 35.8 Å². The van der Waals surface area contributed by atoms with Crippen LogP contribution in [0.15, 0.2) is 11.3 Å². The van der Waals surface area contributed by atoms with Crippen molar-refractivity contribution in [1.29, 1.82) is 0 Å². The smallest absolute Gasteiger partial charge is 0.404 e. The van der Waals surface area contributed by atoms with Gasteiger partial charge in [-0.25, -0.2) is 9.59 Å². The molecule has 0 aromatic heterocycles. The molecule has 0 aromatic rings. The Kier molecular flexibility index (Phi) is 14.7. The fraction of sp³-hybridized carbons (Fsp3) is 0.714. The molecule has 0 radical (unpaired) electrons. The van der Waals surface area contributed by atoms with Gasteiger partial charge in [-0.1, -0.05) is 0 Å². The minimum atomic E-state index is -0.961. The number of aliphatic hydroxyl groups excluding tert-OH is 2. The third-order valence-corrected chi connectivity index (χ3v) is 2.93. The topological polar surface area (TPSA) is 152 Å². The van der Waals surface area contributed by atoms with Crippen molar-refractivity contribution in [2.24, 2.45) is 0 Å². The summed E-state index contributed by atoms with van der Waals surface area (Å²) in [4.78, 5) is 20.9. The first kappa shape index (κ1) is 24.2. The molecular weight excluding hydrogens is 322 g/mol. The second kappa shape index (κ2) is 14.5. The lowest BCUT2D eigenvalue weighted by Gasteiger charge is -2.18. The standard InChI is InChI=1S/C8H15NO3.2C3H7NO2/c1-9-3-8(12-2)6(4-10)7(9)5-11;2*1-2-4-3(5)6/h7,10-11H,3-5H2,1-2H3;2*4H,2H2,1H3,(H,5,6). The van der Waals surface area contributed by atoms with Crippen LogP contribution in [0.5, 0.6) is 0 Å². The highest BCUT2D eigenvalue weighted by Crippen LogP contribution is 2.22. The van der Waals surface area contributed by atoms with Crippen LogP contribution in [0.25, 0.3) is 0 Å². The number of ether oxygens (including phenoxy) is 1. The molecule has 0 aliphatic carbocycles. The largest absolute Gasteiger partial charge is 0.500 e. The highest BCUT2D eigenvalue weighted by molar-refractivity contribution is 5.64. The third-order valence-electron chi connectivity index (χ3n) is 2.93. The van der Waals surface area contributed by atoms with Crippen LogP contribution in [-0.4, -0.2) is 90.6 Å². The predicted molar refractivity (Wildman–Crippen MR) is 88.0 cm³/mol. The normalized spacial score (nSPS) is 16.3. The molecule has 0 spiro atoms. The van der Waals surface area contributed by atoms with E-state index in [0.717, 1.165) is 11.3 Å². The second-order valence-electron chi connectivity index (χ2n) is 4.60. The number of hydrogen-bond acceptors (Lipinski definition) is 6. The van der Waals surface area contributed by atoms with Gasteiger partial charge in [-0.3, -0.25) is 4.90 Å². The van der Waals surface area contributed by atoms with E-state index in [2.05, 4.69) is 10.6 Å². The average Bonchev–Trinajstić information content (AvgIpc) is 2.83. The quantitative estimate of drug-likeness (QED) is 0.396. The van der Waals surface area contributed by atoms with Gasteiger partial charge >= 0.3 is 12.2 Å². The Labute approximate surface area is 141 Å². The van der Waals surface area contributed by atoms with Crippen molar-refractivity contribution < 1.29 is 34.8 Å². The summed E-state index contributed by atoms with van der Waals surface area (Å²) >= 11 is 0. The molecule has 142 valence electrons. The molecule has 1 heterocycles. The SMILES string of the molecule is CCNC(=O)O.CCNC(=O)O.COC1=C(CO)C(CO)N(C)C1. The van der Waals surface area contributed by atoms with Gasteiger partial charge in [-0.05, 0) is 20.9 Å². The lowest BCUT2D eigenvalue weighted by molar-refractivity contribution is 0.178. The van der Waals surface area contributed by atoms with Gasteiger partial charge in [0, 0.05) is 18.7 Å². The van der Waals surface area contributed by atoms with Gasteiger partial charge in [-0.15, -0.1) is 0 Å². The van der Waals surface area contributed by atoms with Gasteiger partial charge in [0.1, 0.15) is 5.76 Å². The van der Waals surface area contributed by atoms with E-state index in [1.165, 1.54) is 0 Å². The van der Waals surface area contributed by atoms with Crippen molar-refractivity contribution in [3.05, 3.63) is 11.3 Å². The van der Waals surface area contributed by atoms with E-state index >= 15 is 0 Å². The Morgan fingerprint density at radius 1 is 1.17 bits per heavy atom. The van der Waals surface area contributed by atoms with Gasteiger partial charge in [0.2, 0.25) is 0 Å². The first-order valence-corrected chi connectivity index (χ1v) is 7.40. The number of methoxy groups -OCH3 is 1. The number of amides is 2. The molecule has 6 N–H and O–H groups in total. The maximum atomic E-state index is 9.49. The minimum absolute atomic E-state index is 0.0270. The number of nitrogens with one attached hydrogen (secondary N) is 2. The summed E-state index contributed by atoms with van der Waals surface area (Å²) in [6.45, 7) is 5.07. The number of nitrogens with zero attached hydrogens (tertiary/aromatic N) is 1. The molecule has 24 heavy (non-hydrogen) atoms. The zero-order valence-electron chi connectivity index (χ0n) is 14.6. The molecule has 0 fully saturated rings. The molecule has 1 atom stereocenters. The van der Waals surface area contributed by atoms with Crippen LogP contribution in [-0.2, 0) is 4.74 Å². The summed E-state index contributed by atoms with van der Waals surface area (Å²) in [7, 11) is 3.47. The number of carboxylic acid groups (broad SMARTS) is 2. The highest BCUT2D eigenvalue weighted by atomic mass is 16.5. The van der Waals surface area contributed by atoms with Crippen LogP contribution >= 0.6 is 0 Å². The molecular formula is C14H29N3O7. The maximum Gasteiger partial charge on any atom is 0.404 e. The van der Waals surface area contributed by atoms with Crippen molar-refractivity contribution in [1.82, 2.24) is 15.5 Å². The first-order chi connectivity index (χ1) is 11.3. The van der Waals surface area contributed by atoms with E-state index in [1.54, 1.807) is 21.0 Å². The van der Waals surface area contributed by atoms with E-state index in [1.807, 2.05) is 11.9 Å². The molecule has 1 unspecified atom stereocenters. The molecule has 10 nitrogen and oxygen atoms in total. The van der Waals surface area contributed by atoms with E-state index in [9.17, 15) is 9.59 Å². The van der Waals surface area contributed by atoms with Crippen molar-refractivity contribution in [2.75, 3.05) is 47.0 Å². The van der Waals surface area contributed by atoms with E-state index < -0.39 is 12.2 Å². The Morgan fingerprint density at radius 3 is 1.83 bits per heavy atom. The Hall–Kier alpha value is -2.04. The van der Waals surface area contributed by atoms with Crippen molar-refractivity contribution in [3.8, 4) is 0 Å². The fourth-order valence-corrected chi connectivity index (χ4v) is 1.83. The van der Waals surface area contributed by atoms with E-state index in [4.69, 9.17) is 25.2 Å². The summed E-state index contributed by atoms with van der Waals surface area (Å²) in [6.07, 6.45) is -1.92. The summed E-state index contributed by atoms with van der Waals surface area (Å²) < 4.78 is 5.08. The maximum absolute atomic E-state index is 9.49. The van der Waals surface area contributed by atoms with Gasteiger partial charge in [0.05, 0.1) is 32.9 Å². The lowest BCUT2D eigenvalue weighted by Crippen LogP contribution is -2.32. The van der Waals surface area contributed by atoms with Crippen LogP contribution in [0.2, 0.25) is 0 Å². The van der Waals surface area contributed by atoms with E-state index in [-0.39, 0.29) is 19.3 Å². The number of hydrogen-bond donors (Lipinski definition) is 6. The molecule has 1 aliphatic rings. The van der Waals surface area contributed by atoms with Crippen molar-refractivity contribution >= 4 is 12.2 Å². The zero-order chi connectivity index (χ0) is 19.1. The summed E-state index contributed by atoms with van der Waals surface area (Å²) in [5.41, 5.74) is 0.794. The molecule has 1 rings (SSSR count). The molecule has 0 bridgehead atoms. The molecule has 0 saturated carbocycles. The number of rotatable bonds is 5. The number of carbonyl (C=O) groups is 2. The Morgan fingerprint density at radius 2 is 1.62 bits per heavy atom. The summed E-state index contributed by atoms with van der Waals surface area (Å²) in [5.74, 6) is 0.777. The predicted octanol–water partition coefficient (Wildman–Crippen LogP) is -0.267. The molecule has 0 saturated heterocycles. The van der Waals surface area contributed by atoms with Gasteiger partial charge in [0.25, 0.3) is 0 Å². The first-order valence-electron chi connectivity index (χ1n) is 7.40. The van der Waals surface area contributed by atoms with Gasteiger partial charge in [0.15, 0.2) is 0 Å². The van der Waals surface area contributed by atoms with Crippen molar-refractivity contribution in [2.45, 2.75) is 19.9 Å². The van der Waals surface area contributed by atoms with Crippen LogP contribution in [0.1, 0.15) is 13.8 Å². The monoisotopic (exact) mass is 351 g/mol. The number of likely N-dealkylation sites (N-methyl/N-ethyl adjacent to an activating group) is 1. The fourth-order valence-electron chi connectivity index (χ4n) is 1.83. The summed E-state index contributed by atoms with van der Waals surface area (Å²) in [5, 5.41) is 37.9. The van der Waals surface area contributed by atoms with Crippen LogP contribution in [0.3, 0.4) is 0 Å². The zero-order valence-corrected chi connectivity index (χ0v) is 14.6. The summed E-state index contributed by atoms with van der Waals surface area (Å²) in [6, 6.07) is -0.0788. The molecule has 0 aromatic carbocycles.